The number of carbonyl (C=O) groups excluding carboxylic acids is 2. The summed E-state index contributed by atoms with van der Waals surface area (Å²) in [6.45, 7) is 0.139. The molecule has 2 aromatic carbocycles. The monoisotopic (exact) mass is 503 g/mol. The largest absolute Gasteiger partial charge is 1.00 e. The van der Waals surface area contributed by atoms with Gasteiger partial charge in [-0.1, -0.05) is 64.5 Å². The number of hydrogen-bond acceptors (Lipinski definition) is 2. The van der Waals surface area contributed by atoms with Crippen LogP contribution in [0.25, 0.3) is 0 Å². The molecule has 144 valence electrons. The molecule has 0 spiro atoms. The van der Waals surface area contributed by atoms with E-state index in [9.17, 15) is 9.59 Å². The van der Waals surface area contributed by atoms with Crippen LogP contribution in [0.4, 0.5) is 16.3 Å². The van der Waals surface area contributed by atoms with E-state index in [-0.39, 0.29) is 35.3 Å². The van der Waals surface area contributed by atoms with Crippen molar-refractivity contribution in [2.24, 2.45) is 0 Å². The van der Waals surface area contributed by atoms with Gasteiger partial charge in [-0.05, 0) is 23.8 Å². The molecule has 0 aliphatic carbocycles. The summed E-state index contributed by atoms with van der Waals surface area (Å²) in [5.41, 5.74) is 2.46. The minimum Gasteiger partial charge on any atom is -1.00 e. The number of ketones is 1. The molecule has 1 heterocycles. The van der Waals surface area contributed by atoms with Gasteiger partial charge in [-0.3, -0.25) is 10.1 Å². The summed E-state index contributed by atoms with van der Waals surface area (Å²) >= 11 is 3.39. The quantitative estimate of drug-likeness (QED) is 0.303. The van der Waals surface area contributed by atoms with E-state index in [0.29, 0.717) is 17.1 Å². The van der Waals surface area contributed by atoms with Crippen LogP contribution in [0.1, 0.15) is 15.9 Å². The fourth-order valence-electron chi connectivity index (χ4n) is 2.55. The standard InChI is InChI=1S/C21H18BrN3O2.BrH/c22-14-16-9-11-18(12-10-16)23-21(27)24-20-8-4-5-13-25(20)15-19(26)17-6-2-1-3-7-17;/h1-13H,14-15H2,(H,23,27);1H. The molecule has 5 nitrogen and oxygen atoms in total. The van der Waals surface area contributed by atoms with Crippen LogP contribution in [-0.4, -0.2) is 11.8 Å². The second-order valence-corrected chi connectivity index (χ2v) is 6.47. The molecule has 2 amide bonds. The fourth-order valence-corrected chi connectivity index (χ4v) is 2.93. The van der Waals surface area contributed by atoms with Gasteiger partial charge in [0.2, 0.25) is 5.78 Å². The number of Topliss-reactive ketones (excluding diaryl/α,β-unsaturated/α-hetero) is 1. The molecule has 3 rings (SSSR count). The van der Waals surface area contributed by atoms with Crippen LogP contribution in [0.3, 0.4) is 0 Å². The van der Waals surface area contributed by atoms with Crippen LogP contribution in [0.2, 0.25) is 0 Å². The Morgan fingerprint density at radius 1 is 0.857 bits per heavy atom. The number of rotatable bonds is 6. The lowest BCUT2D eigenvalue weighted by Crippen LogP contribution is -3.00. The summed E-state index contributed by atoms with van der Waals surface area (Å²) < 4.78 is 1.71. The first-order valence-corrected chi connectivity index (χ1v) is 9.57. The van der Waals surface area contributed by atoms with Gasteiger partial charge >= 0.3 is 6.03 Å². The molecule has 0 saturated carbocycles. The molecule has 0 bridgehead atoms. The van der Waals surface area contributed by atoms with E-state index in [0.717, 1.165) is 10.9 Å². The number of anilines is 2. The minimum absolute atomic E-state index is 0. The van der Waals surface area contributed by atoms with E-state index in [4.69, 9.17) is 0 Å². The van der Waals surface area contributed by atoms with E-state index >= 15 is 0 Å². The predicted molar refractivity (Wildman–Crippen MR) is 109 cm³/mol. The first-order chi connectivity index (χ1) is 13.2. The number of hydrogen-bond donors (Lipinski definition) is 2. The van der Waals surface area contributed by atoms with Gasteiger partial charge in [0.25, 0.3) is 5.82 Å². The number of alkyl halides is 1. The SMILES string of the molecule is O=C(Nc1ccc(CBr)cc1)Nc1cccc[n+]1CC(=O)c1ccccc1.[Br-]. The van der Waals surface area contributed by atoms with Crippen molar-refractivity contribution in [1.82, 2.24) is 0 Å². The molecular weight excluding hydrogens is 486 g/mol. The molecule has 3 aromatic rings. The van der Waals surface area contributed by atoms with Crippen molar-refractivity contribution in [2.45, 2.75) is 11.9 Å². The maximum Gasteiger partial charge on any atom is 0.411 e. The summed E-state index contributed by atoms with van der Waals surface area (Å²) in [6, 6.07) is 21.7. The van der Waals surface area contributed by atoms with Crippen molar-refractivity contribution in [3.8, 4) is 0 Å². The first-order valence-electron chi connectivity index (χ1n) is 8.45. The van der Waals surface area contributed by atoms with Crippen LogP contribution in [-0.2, 0) is 11.9 Å². The van der Waals surface area contributed by atoms with E-state index in [1.807, 2.05) is 54.6 Å². The Morgan fingerprint density at radius 2 is 1.54 bits per heavy atom. The van der Waals surface area contributed by atoms with E-state index in [1.54, 1.807) is 29.0 Å². The van der Waals surface area contributed by atoms with Crippen molar-refractivity contribution in [1.29, 1.82) is 0 Å². The average Bonchev–Trinajstić information content (AvgIpc) is 2.70. The maximum atomic E-state index is 12.5. The van der Waals surface area contributed by atoms with Gasteiger partial charge in [0.05, 0.1) is 6.20 Å². The van der Waals surface area contributed by atoms with Gasteiger partial charge in [-0.15, -0.1) is 0 Å². The van der Waals surface area contributed by atoms with Crippen LogP contribution in [0.15, 0.2) is 79.0 Å². The highest BCUT2D eigenvalue weighted by atomic mass is 79.9. The Kier molecular flexibility index (Phi) is 8.35. The third kappa shape index (κ3) is 6.00. The number of benzene rings is 2. The Balaban J connectivity index is 0.00000280. The molecule has 0 atom stereocenters. The molecule has 0 saturated heterocycles. The average molecular weight is 505 g/mol. The normalized spacial score (nSPS) is 9.89. The van der Waals surface area contributed by atoms with E-state index < -0.39 is 0 Å². The summed E-state index contributed by atoms with van der Waals surface area (Å²) in [7, 11) is 0. The maximum absolute atomic E-state index is 12.5. The molecule has 0 aliphatic rings. The van der Waals surface area contributed by atoms with Crippen molar-refractivity contribution < 1.29 is 31.1 Å². The smallest absolute Gasteiger partial charge is 0.411 e. The third-order valence-electron chi connectivity index (χ3n) is 3.96. The Hall–Kier alpha value is -2.51. The molecule has 0 fully saturated rings. The lowest BCUT2D eigenvalue weighted by atomic mass is 10.1. The molecule has 0 aliphatic heterocycles. The van der Waals surface area contributed by atoms with Crippen molar-refractivity contribution >= 4 is 39.2 Å². The lowest BCUT2D eigenvalue weighted by molar-refractivity contribution is -0.668. The number of carbonyl (C=O) groups is 2. The zero-order valence-electron chi connectivity index (χ0n) is 14.9. The number of pyridine rings is 1. The number of urea groups is 1. The summed E-state index contributed by atoms with van der Waals surface area (Å²) in [4.78, 5) is 24.8. The second kappa shape index (κ2) is 10.7. The number of nitrogens with one attached hydrogen (secondary N) is 2. The predicted octanol–water partition coefficient (Wildman–Crippen LogP) is 1.40. The summed E-state index contributed by atoms with van der Waals surface area (Å²) in [5, 5.41) is 6.35. The summed E-state index contributed by atoms with van der Waals surface area (Å²) in [5.74, 6) is 0.511. The fraction of sp³-hybridized carbons (Fsp3) is 0.0952. The van der Waals surface area contributed by atoms with E-state index in [1.165, 1.54) is 0 Å². The molecular formula is C21H19Br2N3O2. The second-order valence-electron chi connectivity index (χ2n) is 5.91. The third-order valence-corrected chi connectivity index (χ3v) is 4.61. The van der Waals surface area contributed by atoms with Crippen LogP contribution >= 0.6 is 15.9 Å². The molecule has 0 unspecified atom stereocenters. The molecule has 2 N–H and O–H groups in total. The number of amides is 2. The van der Waals surface area contributed by atoms with Gasteiger partial charge in [0.1, 0.15) is 0 Å². The zero-order valence-corrected chi connectivity index (χ0v) is 18.1. The Bertz CT molecular complexity index is 932. The molecule has 1 aromatic heterocycles. The summed E-state index contributed by atoms with van der Waals surface area (Å²) in [6.07, 6.45) is 1.77. The van der Waals surface area contributed by atoms with Gasteiger partial charge in [0, 0.05) is 22.6 Å². The van der Waals surface area contributed by atoms with Gasteiger partial charge in [-0.2, -0.15) is 5.32 Å². The van der Waals surface area contributed by atoms with Crippen molar-refractivity contribution in [3.05, 3.63) is 90.1 Å². The van der Waals surface area contributed by atoms with E-state index in [2.05, 4.69) is 26.6 Å². The lowest BCUT2D eigenvalue weighted by Gasteiger charge is -2.07. The molecule has 28 heavy (non-hydrogen) atoms. The number of nitrogens with zero attached hydrogens (tertiary/aromatic N) is 1. The highest BCUT2D eigenvalue weighted by molar-refractivity contribution is 9.08. The highest BCUT2D eigenvalue weighted by Crippen LogP contribution is 2.12. The number of halogens is 2. The van der Waals surface area contributed by atoms with Crippen LogP contribution in [0, 0.1) is 0 Å². The Morgan fingerprint density at radius 3 is 2.21 bits per heavy atom. The Labute approximate surface area is 182 Å². The molecule has 0 radical (unpaired) electrons. The van der Waals surface area contributed by atoms with Crippen LogP contribution < -0.4 is 32.2 Å². The first kappa shape index (κ1) is 21.8. The van der Waals surface area contributed by atoms with Crippen LogP contribution in [0.5, 0.6) is 0 Å². The van der Waals surface area contributed by atoms with Crippen molar-refractivity contribution in [3.63, 3.8) is 0 Å². The van der Waals surface area contributed by atoms with Crippen molar-refractivity contribution in [2.75, 3.05) is 10.6 Å². The minimum atomic E-state index is -0.367. The number of aromatic nitrogens is 1. The highest BCUT2D eigenvalue weighted by Gasteiger charge is 2.17. The van der Waals surface area contributed by atoms with Gasteiger partial charge in [-0.25, -0.2) is 9.36 Å². The van der Waals surface area contributed by atoms with Gasteiger partial charge in [0.15, 0.2) is 6.54 Å². The zero-order chi connectivity index (χ0) is 19.1. The molecule has 7 heteroatoms. The topological polar surface area (TPSA) is 62.1 Å². The van der Waals surface area contributed by atoms with Gasteiger partial charge < -0.3 is 17.0 Å².